The van der Waals surface area contributed by atoms with Crippen molar-refractivity contribution >= 4 is 23.4 Å². The molecule has 0 spiro atoms. The first-order valence-corrected chi connectivity index (χ1v) is 8.14. The second-order valence-corrected chi connectivity index (χ2v) is 6.33. The first-order chi connectivity index (χ1) is 10.9. The van der Waals surface area contributed by atoms with Gasteiger partial charge in [-0.25, -0.2) is 9.97 Å². The highest BCUT2D eigenvalue weighted by Crippen LogP contribution is 2.22. The molecule has 0 saturated heterocycles. The third-order valence-electron chi connectivity index (χ3n) is 3.13. The van der Waals surface area contributed by atoms with Gasteiger partial charge in [-0.3, -0.25) is 4.79 Å². The Morgan fingerprint density at radius 1 is 1.17 bits per heavy atom. The predicted molar refractivity (Wildman–Crippen MR) is 91.5 cm³/mol. The number of nitriles is 1. The molecule has 0 bridgehead atoms. The Hall–Kier alpha value is -2.39. The van der Waals surface area contributed by atoms with Crippen LogP contribution in [0.5, 0.6) is 0 Å². The van der Waals surface area contributed by atoms with Gasteiger partial charge in [-0.05, 0) is 51.0 Å². The summed E-state index contributed by atoms with van der Waals surface area (Å²) in [4.78, 5) is 20.6. The molecule has 2 aromatic rings. The molecule has 6 heteroatoms. The summed E-state index contributed by atoms with van der Waals surface area (Å²) >= 11 is 1.25. The van der Waals surface area contributed by atoms with Crippen molar-refractivity contribution in [2.24, 2.45) is 0 Å². The Bertz CT molecular complexity index is 776. The second-order valence-electron chi connectivity index (χ2n) is 5.36. The average Bonchev–Trinajstić information content (AvgIpc) is 2.43. The van der Waals surface area contributed by atoms with Crippen molar-refractivity contribution in [2.75, 3.05) is 11.1 Å². The largest absolute Gasteiger partial charge is 0.325 e. The van der Waals surface area contributed by atoms with E-state index in [9.17, 15) is 10.1 Å². The fourth-order valence-electron chi connectivity index (χ4n) is 2.29. The van der Waals surface area contributed by atoms with Crippen molar-refractivity contribution in [3.8, 4) is 6.07 Å². The molecule has 1 heterocycles. The minimum Gasteiger partial charge on any atom is -0.325 e. The fourth-order valence-corrected chi connectivity index (χ4v) is 3.17. The van der Waals surface area contributed by atoms with Crippen LogP contribution in [-0.2, 0) is 4.79 Å². The number of carbonyl (C=O) groups excluding carboxylic acids is 1. The van der Waals surface area contributed by atoms with Crippen molar-refractivity contribution in [2.45, 2.75) is 32.7 Å². The molecule has 0 fully saturated rings. The van der Waals surface area contributed by atoms with Crippen LogP contribution in [0.15, 0.2) is 23.2 Å². The van der Waals surface area contributed by atoms with Gasteiger partial charge in [0.15, 0.2) is 0 Å². The molecule has 1 N–H and O–H groups in total. The van der Waals surface area contributed by atoms with E-state index in [1.165, 1.54) is 11.8 Å². The lowest BCUT2D eigenvalue weighted by atomic mass is 10.1. The Morgan fingerprint density at radius 3 is 2.43 bits per heavy atom. The van der Waals surface area contributed by atoms with Crippen molar-refractivity contribution in [3.63, 3.8) is 0 Å². The Morgan fingerprint density at radius 2 is 1.83 bits per heavy atom. The van der Waals surface area contributed by atoms with Crippen LogP contribution in [-0.4, -0.2) is 21.6 Å². The maximum absolute atomic E-state index is 12.1. The van der Waals surface area contributed by atoms with Gasteiger partial charge in [0.1, 0.15) is 22.5 Å². The summed E-state index contributed by atoms with van der Waals surface area (Å²) < 4.78 is 0. The number of benzene rings is 1. The van der Waals surface area contributed by atoms with Gasteiger partial charge < -0.3 is 5.32 Å². The molecule has 118 valence electrons. The van der Waals surface area contributed by atoms with Gasteiger partial charge in [0, 0.05) is 5.69 Å². The Balaban J connectivity index is 2.06. The molecule has 2 rings (SSSR count). The molecule has 0 aliphatic heterocycles. The van der Waals surface area contributed by atoms with Crippen LogP contribution in [0.25, 0.3) is 0 Å². The molecule has 1 amide bonds. The Kier molecular flexibility index (Phi) is 5.35. The van der Waals surface area contributed by atoms with E-state index in [4.69, 9.17) is 0 Å². The normalized spacial score (nSPS) is 10.2. The van der Waals surface area contributed by atoms with Gasteiger partial charge in [-0.15, -0.1) is 0 Å². The van der Waals surface area contributed by atoms with Crippen LogP contribution in [0.2, 0.25) is 0 Å². The highest BCUT2D eigenvalue weighted by atomic mass is 32.2. The van der Waals surface area contributed by atoms with Gasteiger partial charge >= 0.3 is 0 Å². The van der Waals surface area contributed by atoms with E-state index in [0.717, 1.165) is 16.8 Å². The van der Waals surface area contributed by atoms with Crippen molar-refractivity contribution in [1.82, 2.24) is 9.97 Å². The zero-order valence-electron chi connectivity index (χ0n) is 13.6. The summed E-state index contributed by atoms with van der Waals surface area (Å²) in [5, 5.41) is 12.6. The average molecular weight is 326 g/mol. The van der Waals surface area contributed by atoms with Gasteiger partial charge in [0.05, 0.1) is 11.4 Å². The number of aromatic nitrogens is 2. The van der Waals surface area contributed by atoms with Crippen molar-refractivity contribution in [3.05, 3.63) is 46.4 Å². The molecule has 1 aromatic heterocycles. The third kappa shape index (κ3) is 4.54. The van der Waals surface area contributed by atoms with E-state index in [2.05, 4.69) is 27.4 Å². The summed E-state index contributed by atoms with van der Waals surface area (Å²) in [6.45, 7) is 7.52. The smallest absolute Gasteiger partial charge is 0.234 e. The fraction of sp³-hybridized carbons (Fsp3) is 0.294. The van der Waals surface area contributed by atoms with Crippen LogP contribution in [0, 0.1) is 39.0 Å². The number of hydrogen-bond acceptors (Lipinski definition) is 5. The molecule has 0 saturated carbocycles. The maximum atomic E-state index is 12.1. The van der Waals surface area contributed by atoms with Crippen LogP contribution in [0.4, 0.5) is 5.69 Å². The van der Waals surface area contributed by atoms with Crippen molar-refractivity contribution in [1.29, 1.82) is 5.26 Å². The molecular formula is C17H18N4OS. The van der Waals surface area contributed by atoms with Gasteiger partial charge in [0.2, 0.25) is 5.91 Å². The number of anilines is 1. The number of hydrogen-bond donors (Lipinski definition) is 1. The van der Waals surface area contributed by atoms with Gasteiger partial charge in [-0.2, -0.15) is 5.26 Å². The molecule has 0 aliphatic rings. The Labute approximate surface area is 140 Å². The number of nitrogens with zero attached hydrogens (tertiary/aromatic N) is 3. The van der Waals surface area contributed by atoms with E-state index in [0.29, 0.717) is 22.1 Å². The summed E-state index contributed by atoms with van der Waals surface area (Å²) in [7, 11) is 0. The lowest BCUT2D eigenvalue weighted by Crippen LogP contribution is -2.14. The number of amides is 1. The van der Waals surface area contributed by atoms with Crippen LogP contribution < -0.4 is 5.32 Å². The molecule has 1 aromatic carbocycles. The summed E-state index contributed by atoms with van der Waals surface area (Å²) in [6.07, 6.45) is 0. The van der Waals surface area contributed by atoms with Crippen LogP contribution in [0.1, 0.15) is 28.2 Å². The topological polar surface area (TPSA) is 78.7 Å². The monoisotopic (exact) mass is 326 g/mol. The minimum atomic E-state index is -0.127. The first kappa shape index (κ1) is 17.0. The SMILES string of the molecule is Cc1cc(C)cc(NC(=O)CSc2nc(C)nc(C)c2C#N)c1. The van der Waals surface area contributed by atoms with Crippen LogP contribution in [0.3, 0.4) is 0 Å². The van der Waals surface area contributed by atoms with E-state index in [-0.39, 0.29) is 11.7 Å². The van der Waals surface area contributed by atoms with E-state index in [1.807, 2.05) is 26.0 Å². The number of nitrogens with one attached hydrogen (secondary N) is 1. The van der Waals surface area contributed by atoms with E-state index >= 15 is 0 Å². The summed E-state index contributed by atoms with van der Waals surface area (Å²) in [5.41, 5.74) is 4.05. The highest BCUT2D eigenvalue weighted by molar-refractivity contribution is 8.00. The number of rotatable bonds is 4. The minimum absolute atomic E-state index is 0.127. The van der Waals surface area contributed by atoms with Crippen molar-refractivity contribution < 1.29 is 4.79 Å². The number of thioether (sulfide) groups is 1. The van der Waals surface area contributed by atoms with E-state index < -0.39 is 0 Å². The molecule has 0 radical (unpaired) electrons. The highest BCUT2D eigenvalue weighted by Gasteiger charge is 2.12. The molecule has 23 heavy (non-hydrogen) atoms. The predicted octanol–water partition coefficient (Wildman–Crippen LogP) is 3.31. The first-order valence-electron chi connectivity index (χ1n) is 7.15. The lowest BCUT2D eigenvalue weighted by Gasteiger charge is -2.09. The third-order valence-corrected chi connectivity index (χ3v) is 4.10. The number of aryl methyl sites for hydroxylation is 4. The molecule has 0 atom stereocenters. The molecular weight excluding hydrogens is 308 g/mol. The molecule has 0 aliphatic carbocycles. The molecule has 5 nitrogen and oxygen atoms in total. The van der Waals surface area contributed by atoms with Crippen LogP contribution >= 0.6 is 11.8 Å². The lowest BCUT2D eigenvalue weighted by molar-refractivity contribution is -0.113. The summed E-state index contributed by atoms with van der Waals surface area (Å²) in [6, 6.07) is 8.01. The second kappa shape index (κ2) is 7.25. The van der Waals surface area contributed by atoms with Gasteiger partial charge in [0.25, 0.3) is 0 Å². The van der Waals surface area contributed by atoms with E-state index in [1.54, 1.807) is 13.8 Å². The zero-order valence-corrected chi connectivity index (χ0v) is 14.4. The summed E-state index contributed by atoms with van der Waals surface area (Å²) in [5.74, 6) is 0.661. The number of carbonyl (C=O) groups is 1. The quantitative estimate of drug-likeness (QED) is 0.689. The molecule has 0 unspecified atom stereocenters. The van der Waals surface area contributed by atoms with Gasteiger partial charge in [-0.1, -0.05) is 17.8 Å². The zero-order chi connectivity index (χ0) is 17.0. The maximum Gasteiger partial charge on any atom is 0.234 e. The standard InChI is InChI=1S/C17H18N4OS/c1-10-5-11(2)7-14(6-10)21-16(22)9-23-17-15(8-18)12(3)19-13(4)20-17/h5-7H,9H2,1-4H3,(H,21,22).